The van der Waals surface area contributed by atoms with E-state index in [2.05, 4.69) is 17.2 Å². The van der Waals surface area contributed by atoms with Crippen LogP contribution in [-0.2, 0) is 17.9 Å². The lowest BCUT2D eigenvalue weighted by Gasteiger charge is -2.11. The molecular formula is C20H26IN3O2. The molecule has 0 heterocycles. The van der Waals surface area contributed by atoms with Crippen LogP contribution in [0, 0.1) is 0 Å². The largest absolute Gasteiger partial charge is 0.457 e. The summed E-state index contributed by atoms with van der Waals surface area (Å²) in [5, 5.41) is 3.11. The zero-order valence-corrected chi connectivity index (χ0v) is 17.5. The standard InChI is InChI=1S/C20H25N3O2.HI/c1-3-15(2)23-20(21)22-13-17-10-7-11-18(12-17)19(24)25-14-16-8-5-4-6-9-16;/h4-12,15H,3,13-14H2,1-2H3,(H3,21,22,23);1H. The molecule has 26 heavy (non-hydrogen) atoms. The van der Waals surface area contributed by atoms with E-state index in [1.54, 1.807) is 12.1 Å². The van der Waals surface area contributed by atoms with E-state index in [0.717, 1.165) is 17.5 Å². The van der Waals surface area contributed by atoms with Gasteiger partial charge in [0.1, 0.15) is 6.61 Å². The zero-order valence-electron chi connectivity index (χ0n) is 15.1. The highest BCUT2D eigenvalue weighted by Crippen LogP contribution is 2.10. The van der Waals surface area contributed by atoms with Gasteiger partial charge in [0.05, 0.1) is 12.1 Å². The van der Waals surface area contributed by atoms with Crippen molar-refractivity contribution in [2.75, 3.05) is 0 Å². The van der Waals surface area contributed by atoms with Gasteiger partial charge in [-0.1, -0.05) is 49.4 Å². The molecule has 2 rings (SSSR count). The van der Waals surface area contributed by atoms with Crippen molar-refractivity contribution in [2.45, 2.75) is 39.5 Å². The number of nitrogens with two attached hydrogens (primary N) is 1. The average Bonchev–Trinajstić information content (AvgIpc) is 2.65. The molecule has 0 aliphatic rings. The summed E-state index contributed by atoms with van der Waals surface area (Å²) in [5.74, 6) is 0.0618. The highest BCUT2D eigenvalue weighted by atomic mass is 127. The van der Waals surface area contributed by atoms with E-state index in [-0.39, 0.29) is 42.6 Å². The summed E-state index contributed by atoms with van der Waals surface area (Å²) in [6, 6.07) is 17.1. The van der Waals surface area contributed by atoms with Gasteiger partial charge in [-0.2, -0.15) is 0 Å². The van der Waals surface area contributed by atoms with Crippen molar-refractivity contribution in [1.82, 2.24) is 5.32 Å². The minimum Gasteiger partial charge on any atom is -0.457 e. The number of esters is 1. The van der Waals surface area contributed by atoms with Gasteiger partial charge in [-0.25, -0.2) is 9.79 Å². The van der Waals surface area contributed by atoms with E-state index in [1.165, 1.54) is 0 Å². The van der Waals surface area contributed by atoms with E-state index < -0.39 is 0 Å². The highest BCUT2D eigenvalue weighted by molar-refractivity contribution is 14.0. The highest BCUT2D eigenvalue weighted by Gasteiger charge is 2.08. The van der Waals surface area contributed by atoms with Crippen molar-refractivity contribution in [1.29, 1.82) is 0 Å². The molecule has 1 atom stereocenters. The molecule has 5 nitrogen and oxygen atoms in total. The van der Waals surface area contributed by atoms with Crippen LogP contribution in [0.1, 0.15) is 41.8 Å². The maximum absolute atomic E-state index is 12.2. The quantitative estimate of drug-likeness (QED) is 0.281. The molecule has 1 unspecified atom stereocenters. The molecule has 0 amide bonds. The van der Waals surface area contributed by atoms with Crippen LogP contribution in [0.3, 0.4) is 0 Å². The average molecular weight is 467 g/mol. The van der Waals surface area contributed by atoms with E-state index in [1.807, 2.05) is 49.4 Å². The van der Waals surface area contributed by atoms with Crippen LogP contribution in [0.15, 0.2) is 59.6 Å². The van der Waals surface area contributed by atoms with Gasteiger partial charge in [0, 0.05) is 6.04 Å². The molecule has 2 aromatic rings. The number of nitrogens with zero attached hydrogens (tertiary/aromatic N) is 1. The first-order chi connectivity index (χ1) is 12.1. The van der Waals surface area contributed by atoms with E-state index in [4.69, 9.17) is 10.5 Å². The third-order valence-corrected chi connectivity index (χ3v) is 3.81. The Kier molecular flexibility index (Phi) is 9.72. The number of nitrogens with one attached hydrogen (secondary N) is 1. The van der Waals surface area contributed by atoms with Crippen LogP contribution in [-0.4, -0.2) is 18.0 Å². The fourth-order valence-electron chi connectivity index (χ4n) is 2.18. The third-order valence-electron chi connectivity index (χ3n) is 3.81. The molecule has 3 N–H and O–H groups in total. The molecule has 0 fully saturated rings. The Morgan fingerprint density at radius 2 is 1.85 bits per heavy atom. The van der Waals surface area contributed by atoms with Crippen LogP contribution >= 0.6 is 24.0 Å². The number of hydrogen-bond acceptors (Lipinski definition) is 3. The second-order valence-corrected chi connectivity index (χ2v) is 5.92. The summed E-state index contributed by atoms with van der Waals surface area (Å²) in [6.07, 6.45) is 0.971. The van der Waals surface area contributed by atoms with Gasteiger partial charge in [0.25, 0.3) is 0 Å². The summed E-state index contributed by atoms with van der Waals surface area (Å²) in [4.78, 5) is 16.5. The SMILES string of the molecule is CCC(C)NC(N)=NCc1cccc(C(=O)OCc2ccccc2)c1.I. The minimum absolute atomic E-state index is 0. The van der Waals surface area contributed by atoms with Crippen LogP contribution in [0.5, 0.6) is 0 Å². The molecule has 0 saturated carbocycles. The summed E-state index contributed by atoms with van der Waals surface area (Å²) in [7, 11) is 0. The first-order valence-electron chi connectivity index (χ1n) is 8.45. The van der Waals surface area contributed by atoms with Crippen LogP contribution in [0.25, 0.3) is 0 Å². The maximum Gasteiger partial charge on any atom is 0.338 e. The minimum atomic E-state index is -0.347. The molecule has 6 heteroatoms. The molecule has 0 saturated heterocycles. The van der Waals surface area contributed by atoms with Gasteiger partial charge in [-0.3, -0.25) is 0 Å². The number of rotatable bonds is 7. The fourth-order valence-corrected chi connectivity index (χ4v) is 2.18. The lowest BCUT2D eigenvalue weighted by atomic mass is 10.1. The first kappa shape index (κ1) is 22.0. The molecule has 0 spiro atoms. The Labute approximate surface area is 172 Å². The van der Waals surface area contributed by atoms with Crippen molar-refractivity contribution in [3.63, 3.8) is 0 Å². The molecule has 0 aliphatic carbocycles. The van der Waals surface area contributed by atoms with Crippen molar-refractivity contribution in [3.8, 4) is 0 Å². The molecular weight excluding hydrogens is 441 g/mol. The Morgan fingerprint density at radius 1 is 1.15 bits per heavy atom. The van der Waals surface area contributed by atoms with Crippen molar-refractivity contribution >= 4 is 35.9 Å². The number of benzene rings is 2. The maximum atomic E-state index is 12.2. The molecule has 2 aromatic carbocycles. The van der Waals surface area contributed by atoms with Crippen LogP contribution in [0.4, 0.5) is 0 Å². The summed E-state index contributed by atoms with van der Waals surface area (Å²) >= 11 is 0. The van der Waals surface area contributed by atoms with Crippen molar-refractivity contribution < 1.29 is 9.53 Å². The van der Waals surface area contributed by atoms with Gasteiger partial charge in [0.2, 0.25) is 0 Å². The second kappa shape index (κ2) is 11.5. The van der Waals surface area contributed by atoms with E-state index >= 15 is 0 Å². The third kappa shape index (κ3) is 7.43. The zero-order chi connectivity index (χ0) is 18.1. The van der Waals surface area contributed by atoms with Gasteiger partial charge in [0.15, 0.2) is 5.96 Å². The van der Waals surface area contributed by atoms with Gasteiger partial charge in [-0.15, -0.1) is 24.0 Å². The lowest BCUT2D eigenvalue weighted by Crippen LogP contribution is -2.38. The second-order valence-electron chi connectivity index (χ2n) is 5.92. The molecule has 140 valence electrons. The Hall–Kier alpha value is -2.09. The van der Waals surface area contributed by atoms with E-state index in [0.29, 0.717) is 18.1 Å². The number of ether oxygens (including phenoxy) is 1. The molecule has 0 radical (unpaired) electrons. The summed E-state index contributed by atoms with van der Waals surface area (Å²) < 4.78 is 5.35. The van der Waals surface area contributed by atoms with Crippen molar-refractivity contribution in [3.05, 3.63) is 71.3 Å². The number of guanidine groups is 1. The number of aliphatic imine (C=N–C) groups is 1. The van der Waals surface area contributed by atoms with Crippen LogP contribution < -0.4 is 11.1 Å². The predicted octanol–water partition coefficient (Wildman–Crippen LogP) is 3.86. The number of halogens is 1. The Morgan fingerprint density at radius 3 is 2.54 bits per heavy atom. The Bertz CT molecular complexity index is 720. The number of hydrogen-bond donors (Lipinski definition) is 2. The van der Waals surface area contributed by atoms with Gasteiger partial charge < -0.3 is 15.8 Å². The summed E-state index contributed by atoms with van der Waals surface area (Å²) in [6.45, 7) is 4.80. The van der Waals surface area contributed by atoms with Gasteiger partial charge in [-0.05, 0) is 36.6 Å². The monoisotopic (exact) mass is 467 g/mol. The number of carbonyl (C=O) groups excluding carboxylic acids is 1. The van der Waals surface area contributed by atoms with Crippen LogP contribution in [0.2, 0.25) is 0 Å². The molecule has 0 bridgehead atoms. The summed E-state index contributed by atoms with van der Waals surface area (Å²) in [5.41, 5.74) is 8.23. The number of carbonyl (C=O) groups is 1. The van der Waals surface area contributed by atoms with Gasteiger partial charge >= 0.3 is 5.97 Å². The normalized spacial score (nSPS) is 12.0. The fraction of sp³-hybridized carbons (Fsp3) is 0.300. The molecule has 0 aliphatic heterocycles. The first-order valence-corrected chi connectivity index (χ1v) is 8.45. The molecule has 0 aromatic heterocycles. The lowest BCUT2D eigenvalue weighted by molar-refractivity contribution is 0.0472. The van der Waals surface area contributed by atoms with Crippen molar-refractivity contribution in [2.24, 2.45) is 10.7 Å². The predicted molar refractivity (Wildman–Crippen MR) is 116 cm³/mol. The Balaban J connectivity index is 0.00000338. The smallest absolute Gasteiger partial charge is 0.338 e. The topological polar surface area (TPSA) is 76.7 Å². The van der Waals surface area contributed by atoms with E-state index in [9.17, 15) is 4.79 Å².